The highest BCUT2D eigenvalue weighted by Crippen LogP contribution is 2.32. The van der Waals surface area contributed by atoms with Crippen LogP contribution in [0.5, 0.6) is 0 Å². The van der Waals surface area contributed by atoms with E-state index in [1.165, 1.54) is 6.92 Å². The van der Waals surface area contributed by atoms with Crippen molar-refractivity contribution < 1.29 is 23.4 Å². The summed E-state index contributed by atoms with van der Waals surface area (Å²) in [5, 5.41) is 8.09. The summed E-state index contributed by atoms with van der Waals surface area (Å²) in [5.74, 6) is 0.0690. The molecule has 0 aliphatic carbocycles. The third kappa shape index (κ3) is 5.34. The highest BCUT2D eigenvalue weighted by atomic mass is 16.6. The Morgan fingerprint density at radius 1 is 1.05 bits per heavy atom. The summed E-state index contributed by atoms with van der Waals surface area (Å²) in [6.45, 7) is 9.15. The Morgan fingerprint density at radius 2 is 1.81 bits per heavy atom. The van der Waals surface area contributed by atoms with Crippen molar-refractivity contribution >= 4 is 11.8 Å². The molecule has 10 nitrogen and oxygen atoms in total. The quantitative estimate of drug-likeness (QED) is 0.265. The van der Waals surface area contributed by atoms with E-state index in [1.807, 2.05) is 45.0 Å². The topological polar surface area (TPSA) is 124 Å². The molecule has 0 amide bonds. The van der Waals surface area contributed by atoms with Gasteiger partial charge >= 0.3 is 5.97 Å². The van der Waals surface area contributed by atoms with E-state index in [0.717, 1.165) is 17.7 Å². The number of rotatable bonds is 7. The third-order valence-corrected chi connectivity index (χ3v) is 5.89. The van der Waals surface area contributed by atoms with E-state index in [4.69, 9.17) is 13.8 Å². The van der Waals surface area contributed by atoms with Gasteiger partial charge in [-0.3, -0.25) is 19.5 Å². The molecule has 10 heteroatoms. The van der Waals surface area contributed by atoms with Crippen LogP contribution < -0.4 is 0 Å². The van der Waals surface area contributed by atoms with Crippen LogP contribution in [-0.4, -0.2) is 55.6 Å². The molecule has 1 aliphatic rings. The van der Waals surface area contributed by atoms with Gasteiger partial charge in [0.2, 0.25) is 11.6 Å². The minimum atomic E-state index is -0.467. The molecule has 0 saturated carbocycles. The van der Waals surface area contributed by atoms with Crippen LogP contribution in [0, 0.1) is 5.92 Å². The van der Waals surface area contributed by atoms with Crippen molar-refractivity contribution in [2.45, 2.75) is 39.8 Å². The van der Waals surface area contributed by atoms with Crippen LogP contribution in [0.4, 0.5) is 0 Å². The number of benzene rings is 1. The van der Waals surface area contributed by atoms with Crippen LogP contribution in [0.1, 0.15) is 43.6 Å². The Kier molecular flexibility index (Phi) is 6.43. The number of likely N-dealkylation sites (tertiary alicyclic amines) is 1. The fourth-order valence-corrected chi connectivity index (χ4v) is 4.12. The number of aromatic nitrogens is 4. The van der Waals surface area contributed by atoms with Crippen molar-refractivity contribution in [2.24, 2.45) is 5.92 Å². The third-order valence-electron chi connectivity index (χ3n) is 5.89. The normalized spacial score (nSPS) is 14.4. The lowest BCUT2D eigenvalue weighted by atomic mass is 9.98. The van der Waals surface area contributed by atoms with Gasteiger partial charge in [0.25, 0.3) is 5.89 Å². The van der Waals surface area contributed by atoms with Gasteiger partial charge in [-0.05, 0) is 45.4 Å². The van der Waals surface area contributed by atoms with Crippen LogP contribution in [0.25, 0.3) is 34.4 Å². The summed E-state index contributed by atoms with van der Waals surface area (Å²) in [7, 11) is 0. The van der Waals surface area contributed by atoms with Gasteiger partial charge in [-0.2, -0.15) is 4.98 Å². The average molecular weight is 502 g/mol. The van der Waals surface area contributed by atoms with Gasteiger partial charge < -0.3 is 13.8 Å². The lowest BCUT2D eigenvalue weighted by molar-refractivity contribution is -0.166. The lowest BCUT2D eigenvalue weighted by Gasteiger charge is -2.38. The standard InChI is InChI=1S/C27H27N5O5/c1-16(33)21-22(20-7-5-6-12-28-20)30-36-23(21)25-29-24(31-37-25)18-10-8-17(9-11-18)13-32-14-19(15-32)26(34)35-27(2,3)4/h5-12,19H,13-15H2,1-4H3. The molecule has 0 N–H and O–H groups in total. The first kappa shape index (κ1) is 24.5. The number of Topliss-reactive ketones (excluding diaryl/α,β-unsaturated/α-hetero) is 1. The monoisotopic (exact) mass is 501 g/mol. The second-order valence-electron chi connectivity index (χ2n) is 10.1. The smallest absolute Gasteiger partial charge is 0.312 e. The number of hydrogen-bond donors (Lipinski definition) is 0. The van der Waals surface area contributed by atoms with E-state index in [9.17, 15) is 9.59 Å². The lowest BCUT2D eigenvalue weighted by Crippen LogP contribution is -2.51. The Hall–Kier alpha value is -4.18. The molecular weight excluding hydrogens is 474 g/mol. The van der Waals surface area contributed by atoms with Gasteiger partial charge in [-0.25, -0.2) is 0 Å². The highest BCUT2D eigenvalue weighted by molar-refractivity contribution is 6.03. The molecule has 0 radical (unpaired) electrons. The zero-order valence-corrected chi connectivity index (χ0v) is 21.1. The van der Waals surface area contributed by atoms with Crippen LogP contribution in [0.15, 0.2) is 57.7 Å². The molecule has 4 heterocycles. The van der Waals surface area contributed by atoms with E-state index < -0.39 is 5.60 Å². The summed E-state index contributed by atoms with van der Waals surface area (Å²) in [6, 6.07) is 13.1. The summed E-state index contributed by atoms with van der Waals surface area (Å²) >= 11 is 0. The molecule has 3 aromatic heterocycles. The number of carbonyl (C=O) groups is 2. The second-order valence-corrected chi connectivity index (χ2v) is 10.1. The average Bonchev–Trinajstić information content (AvgIpc) is 3.48. The van der Waals surface area contributed by atoms with E-state index in [-0.39, 0.29) is 34.9 Å². The van der Waals surface area contributed by atoms with Gasteiger partial charge in [0.05, 0.1) is 17.2 Å². The molecule has 4 aromatic rings. The van der Waals surface area contributed by atoms with Crippen molar-refractivity contribution in [3.8, 4) is 34.4 Å². The minimum Gasteiger partial charge on any atom is -0.460 e. The van der Waals surface area contributed by atoms with Gasteiger partial charge in [0.15, 0.2) is 5.78 Å². The van der Waals surface area contributed by atoms with Crippen LogP contribution in [0.3, 0.4) is 0 Å². The van der Waals surface area contributed by atoms with Crippen molar-refractivity contribution in [2.75, 3.05) is 13.1 Å². The Bertz CT molecular complexity index is 1410. The van der Waals surface area contributed by atoms with Crippen molar-refractivity contribution in [3.05, 3.63) is 59.8 Å². The molecule has 1 aromatic carbocycles. The predicted octanol–water partition coefficient (Wildman–Crippen LogP) is 4.43. The van der Waals surface area contributed by atoms with E-state index in [0.29, 0.717) is 30.3 Å². The number of ether oxygens (including phenoxy) is 1. The molecule has 1 fully saturated rings. The van der Waals surface area contributed by atoms with Gasteiger partial charge in [-0.1, -0.05) is 40.6 Å². The summed E-state index contributed by atoms with van der Waals surface area (Å²) < 4.78 is 16.3. The number of ketones is 1. The maximum atomic E-state index is 12.4. The molecule has 0 spiro atoms. The first-order chi connectivity index (χ1) is 17.7. The Morgan fingerprint density at radius 3 is 2.46 bits per heavy atom. The molecule has 0 unspecified atom stereocenters. The predicted molar refractivity (Wildman–Crippen MR) is 133 cm³/mol. The van der Waals surface area contributed by atoms with Crippen molar-refractivity contribution in [1.82, 2.24) is 25.2 Å². The second kappa shape index (κ2) is 9.70. The zero-order valence-electron chi connectivity index (χ0n) is 21.1. The SMILES string of the molecule is CC(=O)c1c(-c2ccccn2)noc1-c1nc(-c2ccc(CN3CC(C(=O)OC(C)(C)C)C3)cc2)no1. The summed E-state index contributed by atoms with van der Waals surface area (Å²) in [6.07, 6.45) is 1.61. The largest absolute Gasteiger partial charge is 0.460 e. The molecule has 37 heavy (non-hydrogen) atoms. The first-order valence-corrected chi connectivity index (χ1v) is 12.0. The van der Waals surface area contributed by atoms with Crippen LogP contribution in [0.2, 0.25) is 0 Å². The summed E-state index contributed by atoms with van der Waals surface area (Å²) in [5.41, 5.74) is 2.46. The highest BCUT2D eigenvalue weighted by Gasteiger charge is 2.35. The number of nitrogens with zero attached hydrogens (tertiary/aromatic N) is 5. The molecule has 0 bridgehead atoms. The fraction of sp³-hybridized carbons (Fsp3) is 0.333. The maximum Gasteiger partial charge on any atom is 0.312 e. The van der Waals surface area contributed by atoms with Crippen molar-refractivity contribution in [3.63, 3.8) is 0 Å². The molecule has 190 valence electrons. The van der Waals surface area contributed by atoms with E-state index in [1.54, 1.807) is 24.4 Å². The number of hydrogen-bond acceptors (Lipinski definition) is 10. The van der Waals surface area contributed by atoms with Crippen LogP contribution >= 0.6 is 0 Å². The molecule has 1 saturated heterocycles. The summed E-state index contributed by atoms with van der Waals surface area (Å²) in [4.78, 5) is 35.4. The van der Waals surface area contributed by atoms with E-state index in [2.05, 4.69) is 25.2 Å². The van der Waals surface area contributed by atoms with Crippen molar-refractivity contribution in [1.29, 1.82) is 0 Å². The number of carbonyl (C=O) groups excluding carboxylic acids is 2. The number of pyridine rings is 1. The molecular formula is C27H27N5O5. The van der Waals surface area contributed by atoms with E-state index >= 15 is 0 Å². The zero-order chi connectivity index (χ0) is 26.2. The minimum absolute atomic E-state index is 0.0627. The molecule has 0 atom stereocenters. The first-order valence-electron chi connectivity index (χ1n) is 12.0. The maximum absolute atomic E-state index is 12.4. The molecule has 5 rings (SSSR count). The van der Waals surface area contributed by atoms with Crippen LogP contribution in [-0.2, 0) is 16.1 Å². The fourth-order valence-electron chi connectivity index (χ4n) is 4.12. The van der Waals surface area contributed by atoms with Gasteiger partial charge in [0.1, 0.15) is 11.3 Å². The Balaban J connectivity index is 1.26. The van der Waals surface area contributed by atoms with Gasteiger partial charge in [-0.15, -0.1) is 0 Å². The Labute approximate surface area is 213 Å². The van der Waals surface area contributed by atoms with Gasteiger partial charge in [0, 0.05) is 31.4 Å². The number of esters is 1. The molecule has 1 aliphatic heterocycles.